The molecule has 1 saturated carbocycles. The summed E-state index contributed by atoms with van der Waals surface area (Å²) in [5.41, 5.74) is 0.616. The van der Waals surface area contributed by atoms with E-state index in [2.05, 4.69) is 13.5 Å². The highest BCUT2D eigenvalue weighted by Crippen LogP contribution is 2.29. The van der Waals surface area contributed by atoms with E-state index in [0.717, 1.165) is 18.8 Å². The fraction of sp³-hybridized carbons (Fsp3) is 0.625. The first-order chi connectivity index (χ1) is 9.02. The smallest absolute Gasteiger partial charge is 0.147 e. The number of hydrogen-bond acceptors (Lipinski definition) is 1. The van der Waals surface area contributed by atoms with Gasteiger partial charge in [-0.2, -0.15) is 0 Å². The van der Waals surface area contributed by atoms with Gasteiger partial charge in [0.1, 0.15) is 18.3 Å². The van der Waals surface area contributed by atoms with E-state index >= 15 is 0 Å². The van der Waals surface area contributed by atoms with E-state index in [4.69, 9.17) is 4.74 Å². The standard InChI is InChI=1S/C16H24F2O/c1-12-4-8-15(9-5-12)11-19-16(10-17)13(2)6-7-14(3)18/h6-7,12,15H,3-5,8-11H2,1-2H3/b7-6-,16-13+. The maximum atomic E-state index is 12.9. The van der Waals surface area contributed by atoms with Crippen LogP contribution >= 0.6 is 0 Å². The highest BCUT2D eigenvalue weighted by molar-refractivity contribution is 5.24. The van der Waals surface area contributed by atoms with Crippen molar-refractivity contribution in [1.29, 1.82) is 0 Å². The minimum Gasteiger partial charge on any atom is -0.495 e. The first-order valence-electron chi connectivity index (χ1n) is 6.94. The predicted octanol–water partition coefficient (Wildman–Crippen LogP) is 5.11. The summed E-state index contributed by atoms with van der Waals surface area (Å²) >= 11 is 0. The van der Waals surface area contributed by atoms with Crippen LogP contribution in [0, 0.1) is 11.8 Å². The summed E-state index contributed by atoms with van der Waals surface area (Å²) in [5.74, 6) is 1.08. The summed E-state index contributed by atoms with van der Waals surface area (Å²) in [6, 6.07) is 0. The maximum Gasteiger partial charge on any atom is 0.147 e. The molecule has 108 valence electrons. The number of ether oxygens (including phenoxy) is 1. The second-order valence-electron chi connectivity index (χ2n) is 5.46. The molecular weight excluding hydrogens is 246 g/mol. The molecule has 1 fully saturated rings. The Morgan fingerprint density at radius 3 is 2.42 bits per heavy atom. The molecule has 0 atom stereocenters. The molecule has 0 aliphatic heterocycles. The molecule has 3 heteroatoms. The van der Waals surface area contributed by atoms with Crippen LogP contribution in [0.4, 0.5) is 8.78 Å². The molecule has 0 spiro atoms. The van der Waals surface area contributed by atoms with E-state index < -0.39 is 12.5 Å². The Bertz CT molecular complexity index is 350. The van der Waals surface area contributed by atoms with Gasteiger partial charge in [-0.05, 0) is 43.3 Å². The third-order valence-electron chi connectivity index (χ3n) is 3.70. The molecule has 0 heterocycles. The van der Waals surface area contributed by atoms with Crippen molar-refractivity contribution in [3.63, 3.8) is 0 Å². The maximum absolute atomic E-state index is 12.9. The van der Waals surface area contributed by atoms with Gasteiger partial charge in [0.2, 0.25) is 0 Å². The number of allylic oxidation sites excluding steroid dienone is 5. The Hall–Kier alpha value is -1.12. The number of halogens is 2. The summed E-state index contributed by atoms with van der Waals surface area (Å²) < 4.78 is 31.0. The molecule has 1 rings (SSSR count). The normalized spacial score (nSPS) is 25.3. The van der Waals surface area contributed by atoms with Gasteiger partial charge in [0.25, 0.3) is 0 Å². The van der Waals surface area contributed by atoms with Crippen molar-refractivity contribution in [2.24, 2.45) is 11.8 Å². The molecule has 0 unspecified atom stereocenters. The highest BCUT2D eigenvalue weighted by atomic mass is 19.1. The number of hydrogen-bond donors (Lipinski definition) is 0. The van der Waals surface area contributed by atoms with Crippen LogP contribution in [0.2, 0.25) is 0 Å². The number of alkyl halides is 1. The lowest BCUT2D eigenvalue weighted by Crippen LogP contribution is -2.17. The molecule has 0 bridgehead atoms. The molecule has 19 heavy (non-hydrogen) atoms. The van der Waals surface area contributed by atoms with Crippen LogP contribution in [0.3, 0.4) is 0 Å². The van der Waals surface area contributed by atoms with Gasteiger partial charge in [-0.1, -0.05) is 32.4 Å². The van der Waals surface area contributed by atoms with Crippen molar-refractivity contribution in [2.75, 3.05) is 13.3 Å². The molecule has 1 nitrogen and oxygen atoms in total. The van der Waals surface area contributed by atoms with Crippen LogP contribution in [-0.2, 0) is 4.74 Å². The van der Waals surface area contributed by atoms with Crippen LogP contribution in [0.15, 0.2) is 35.9 Å². The summed E-state index contributed by atoms with van der Waals surface area (Å²) in [4.78, 5) is 0. The summed E-state index contributed by atoms with van der Waals surface area (Å²) in [7, 11) is 0. The lowest BCUT2D eigenvalue weighted by Gasteiger charge is -2.26. The molecule has 0 aromatic carbocycles. The van der Waals surface area contributed by atoms with Crippen molar-refractivity contribution in [3.05, 3.63) is 35.9 Å². The Labute approximate surface area is 115 Å². The van der Waals surface area contributed by atoms with Crippen LogP contribution < -0.4 is 0 Å². The zero-order chi connectivity index (χ0) is 14.3. The third kappa shape index (κ3) is 6.04. The van der Waals surface area contributed by atoms with E-state index in [1.165, 1.54) is 25.0 Å². The van der Waals surface area contributed by atoms with E-state index in [1.54, 1.807) is 6.92 Å². The largest absolute Gasteiger partial charge is 0.495 e. The molecule has 0 aromatic rings. The summed E-state index contributed by atoms with van der Waals surface area (Å²) in [6.07, 6.45) is 7.47. The Balaban J connectivity index is 2.47. The Morgan fingerprint density at radius 2 is 1.89 bits per heavy atom. The van der Waals surface area contributed by atoms with Gasteiger partial charge < -0.3 is 4.74 Å². The monoisotopic (exact) mass is 270 g/mol. The van der Waals surface area contributed by atoms with Crippen LogP contribution in [0.25, 0.3) is 0 Å². The second-order valence-corrected chi connectivity index (χ2v) is 5.46. The average molecular weight is 270 g/mol. The average Bonchev–Trinajstić information content (AvgIpc) is 2.39. The summed E-state index contributed by atoms with van der Waals surface area (Å²) in [6.45, 7) is 7.02. The molecule has 1 aliphatic rings. The van der Waals surface area contributed by atoms with Crippen molar-refractivity contribution in [3.8, 4) is 0 Å². The van der Waals surface area contributed by atoms with E-state index in [-0.39, 0.29) is 0 Å². The zero-order valence-corrected chi connectivity index (χ0v) is 11.9. The van der Waals surface area contributed by atoms with Crippen molar-refractivity contribution in [2.45, 2.75) is 39.5 Å². The van der Waals surface area contributed by atoms with E-state index in [0.29, 0.717) is 23.9 Å². The van der Waals surface area contributed by atoms with Crippen LogP contribution in [-0.4, -0.2) is 13.3 Å². The fourth-order valence-corrected chi connectivity index (χ4v) is 2.28. The highest BCUT2D eigenvalue weighted by Gasteiger charge is 2.19. The van der Waals surface area contributed by atoms with Gasteiger partial charge in [-0.15, -0.1) is 0 Å². The van der Waals surface area contributed by atoms with Gasteiger partial charge in [0.15, 0.2) is 0 Å². The van der Waals surface area contributed by atoms with Crippen molar-refractivity contribution in [1.82, 2.24) is 0 Å². The Morgan fingerprint density at radius 1 is 1.26 bits per heavy atom. The van der Waals surface area contributed by atoms with Gasteiger partial charge in [0, 0.05) is 0 Å². The first-order valence-corrected chi connectivity index (χ1v) is 6.94. The first kappa shape index (κ1) is 15.9. The van der Waals surface area contributed by atoms with Gasteiger partial charge in [-0.25, -0.2) is 8.78 Å². The van der Waals surface area contributed by atoms with Gasteiger partial charge in [-0.3, -0.25) is 0 Å². The lowest BCUT2D eigenvalue weighted by molar-refractivity contribution is 0.118. The topological polar surface area (TPSA) is 9.23 Å². The second kappa shape index (κ2) is 8.13. The minimum absolute atomic E-state index is 0.302. The lowest BCUT2D eigenvalue weighted by atomic mass is 9.83. The molecule has 0 saturated heterocycles. The van der Waals surface area contributed by atoms with E-state index in [9.17, 15) is 8.78 Å². The molecule has 0 radical (unpaired) electrons. The SMILES string of the molecule is C=C(F)/C=C\C(C)=C(/CF)OCC1CCC(C)CC1. The van der Waals surface area contributed by atoms with Crippen LogP contribution in [0.1, 0.15) is 39.5 Å². The molecular formula is C16H24F2O. The molecule has 1 aliphatic carbocycles. The minimum atomic E-state index is -0.655. The van der Waals surface area contributed by atoms with E-state index in [1.807, 2.05) is 0 Å². The van der Waals surface area contributed by atoms with Gasteiger partial charge in [0.05, 0.1) is 6.61 Å². The van der Waals surface area contributed by atoms with Crippen molar-refractivity contribution < 1.29 is 13.5 Å². The number of rotatable bonds is 6. The third-order valence-corrected chi connectivity index (χ3v) is 3.70. The quantitative estimate of drug-likeness (QED) is 0.481. The van der Waals surface area contributed by atoms with Crippen LogP contribution in [0.5, 0.6) is 0 Å². The van der Waals surface area contributed by atoms with Gasteiger partial charge >= 0.3 is 0 Å². The van der Waals surface area contributed by atoms with Crippen molar-refractivity contribution >= 4 is 0 Å². The fourth-order valence-electron chi connectivity index (χ4n) is 2.28. The molecule has 0 amide bonds. The Kier molecular flexibility index (Phi) is 6.82. The molecule has 0 aromatic heterocycles. The molecule has 0 N–H and O–H groups in total. The summed E-state index contributed by atoms with van der Waals surface area (Å²) in [5, 5.41) is 0. The zero-order valence-electron chi connectivity index (χ0n) is 11.9. The predicted molar refractivity (Wildman–Crippen MR) is 75.1 cm³/mol.